The van der Waals surface area contributed by atoms with Gasteiger partial charge in [0.25, 0.3) is 0 Å². The first-order valence-electron chi connectivity index (χ1n) is 22.0. The molecule has 0 unspecified atom stereocenters. The largest absolute Gasteiger partial charge is 0.456 e. The van der Waals surface area contributed by atoms with E-state index >= 15 is 4.79 Å². The highest BCUT2D eigenvalue weighted by Crippen LogP contribution is 2.64. The minimum atomic E-state index is -2.38. The predicted molar refractivity (Wildman–Crippen MR) is 225 cm³/mol. The Bertz CT molecular complexity index is 2150. The van der Waals surface area contributed by atoms with Gasteiger partial charge in [0.2, 0.25) is 0 Å². The number of aliphatic hydroxyl groups is 3. The lowest BCUT2D eigenvalue weighted by molar-refractivity contribution is -0.346. The second kappa shape index (κ2) is 18.0. The van der Waals surface area contributed by atoms with Crippen LogP contribution in [0.25, 0.3) is 0 Å². The van der Waals surface area contributed by atoms with Gasteiger partial charge in [0, 0.05) is 32.1 Å². The number of amides is 1. The number of alkyl carbamates (subject to hydrolysis) is 1. The molecule has 16 nitrogen and oxygen atoms in total. The molecule has 346 valence electrons. The summed E-state index contributed by atoms with van der Waals surface area (Å²) < 4.78 is 35.9. The third kappa shape index (κ3) is 8.22. The van der Waals surface area contributed by atoms with Gasteiger partial charge in [0.1, 0.15) is 30.5 Å². The number of ketones is 1. The second-order valence-corrected chi connectivity index (χ2v) is 18.8. The van der Waals surface area contributed by atoms with Gasteiger partial charge in [-0.2, -0.15) is 0 Å². The standard InChI is InChI=1S/C48H59NO15/c1-26-32(62-43(56)37(53)36(30-18-12-8-13-19-30)49-44(57)59-24-29-16-10-7-11-17-29)23-48(58)41(63-42(55)31-20-14-9-15-21-31)39-46(6,33(52)22-34-47(39,25-60-34)64-28(3)51)40(54)38(61-27(2)50)35(26)45(48,4)5/h7,9-11,14-17,20-21,30,32-34,36-39,41,52-53,58H,8,12-13,18-19,22-25H2,1-6H3,(H,49,57)/t32-,33-,34+,36-,37+,38+,39-,41-,46+,47-,48+/m0/s1. The number of fused-ring (bicyclic) bond motifs is 5. The third-order valence-corrected chi connectivity index (χ3v) is 14.7. The van der Waals surface area contributed by atoms with Crippen LogP contribution in [0.5, 0.6) is 0 Å². The van der Waals surface area contributed by atoms with Crippen molar-refractivity contribution in [2.24, 2.45) is 22.7 Å². The summed E-state index contributed by atoms with van der Waals surface area (Å²) in [6.07, 6.45) is -7.46. The molecule has 16 heteroatoms. The average molecular weight is 890 g/mol. The fraction of sp³-hybridized carbons (Fsp3) is 0.583. The van der Waals surface area contributed by atoms with Gasteiger partial charge in [-0.3, -0.25) is 14.4 Å². The molecule has 0 radical (unpaired) electrons. The number of hydrogen-bond donors (Lipinski definition) is 4. The predicted octanol–water partition coefficient (Wildman–Crippen LogP) is 4.44. The topological polar surface area (TPSA) is 231 Å². The molecular weight excluding hydrogens is 831 g/mol. The van der Waals surface area contributed by atoms with Crippen molar-refractivity contribution in [3.63, 3.8) is 0 Å². The van der Waals surface area contributed by atoms with Crippen molar-refractivity contribution >= 4 is 35.8 Å². The van der Waals surface area contributed by atoms with E-state index < -0.39 is 113 Å². The minimum Gasteiger partial charge on any atom is -0.456 e. The van der Waals surface area contributed by atoms with Crippen LogP contribution in [0.15, 0.2) is 71.8 Å². The van der Waals surface area contributed by atoms with E-state index in [-0.39, 0.29) is 42.3 Å². The number of carbonyl (C=O) groups is 6. The normalized spacial score (nSPS) is 33.0. The van der Waals surface area contributed by atoms with Crippen LogP contribution in [0, 0.1) is 22.7 Å². The summed E-state index contributed by atoms with van der Waals surface area (Å²) in [5.74, 6) is -6.47. The fourth-order valence-electron chi connectivity index (χ4n) is 11.2. The quantitative estimate of drug-likeness (QED) is 0.139. The maximum Gasteiger partial charge on any atom is 0.407 e. The molecular formula is C48H59NO15. The van der Waals surface area contributed by atoms with Crippen LogP contribution in [0.4, 0.5) is 4.79 Å². The Hall–Kier alpha value is -5.16. The van der Waals surface area contributed by atoms with Gasteiger partial charge in [0.05, 0.1) is 35.6 Å². The number of rotatable bonds is 11. The smallest absolute Gasteiger partial charge is 0.407 e. The number of nitrogens with one attached hydrogen (secondary N) is 1. The SMILES string of the molecule is CC(=O)O[C@H]1C(=O)[C@@]2(C)[C@H]([C@H](OC(=O)c3ccccc3)[C@]3(O)C[C@H](OC(=O)[C@H](O)[C@@H](NC(=O)OCc4ccccc4)C4CCCCC4)C(C)=C1C3(C)C)[C@]1(OC(C)=O)CO[C@@H]1C[C@@H]2O. The molecule has 3 saturated carbocycles. The van der Waals surface area contributed by atoms with Crippen molar-refractivity contribution in [2.45, 2.75) is 147 Å². The number of benzene rings is 2. The van der Waals surface area contributed by atoms with E-state index in [0.717, 1.165) is 38.7 Å². The van der Waals surface area contributed by atoms with Gasteiger partial charge >= 0.3 is 30.0 Å². The number of esters is 4. The Kier molecular flexibility index (Phi) is 13.2. The fourth-order valence-corrected chi connectivity index (χ4v) is 11.2. The van der Waals surface area contributed by atoms with E-state index in [2.05, 4.69) is 5.32 Å². The van der Waals surface area contributed by atoms with Gasteiger partial charge in [-0.1, -0.05) is 81.6 Å². The lowest BCUT2D eigenvalue weighted by Gasteiger charge is -2.67. The molecule has 7 rings (SSSR count). The molecule has 4 fully saturated rings. The highest BCUT2D eigenvalue weighted by atomic mass is 16.6. The molecule has 5 aliphatic rings. The number of carbonyl (C=O) groups excluding carboxylic acids is 6. The molecule has 2 aromatic carbocycles. The van der Waals surface area contributed by atoms with Crippen LogP contribution in [0.3, 0.4) is 0 Å². The molecule has 1 saturated heterocycles. The summed E-state index contributed by atoms with van der Waals surface area (Å²) in [6, 6.07) is 15.7. The number of ether oxygens (including phenoxy) is 6. The second-order valence-electron chi connectivity index (χ2n) is 18.8. The molecule has 0 aromatic heterocycles. The maximum atomic E-state index is 15.5. The first-order valence-corrected chi connectivity index (χ1v) is 22.0. The summed E-state index contributed by atoms with van der Waals surface area (Å²) in [5, 5.41) is 40.4. The summed E-state index contributed by atoms with van der Waals surface area (Å²) >= 11 is 0. The van der Waals surface area contributed by atoms with Crippen LogP contribution in [0.2, 0.25) is 0 Å². The first kappa shape index (κ1) is 46.8. The molecule has 2 bridgehead atoms. The average Bonchev–Trinajstić information content (AvgIpc) is 3.26. The van der Waals surface area contributed by atoms with Crippen LogP contribution < -0.4 is 5.32 Å². The number of hydrogen-bond acceptors (Lipinski definition) is 15. The monoisotopic (exact) mass is 889 g/mol. The van der Waals surface area contributed by atoms with Gasteiger partial charge in [0.15, 0.2) is 23.6 Å². The molecule has 4 N–H and O–H groups in total. The highest BCUT2D eigenvalue weighted by Gasteiger charge is 2.78. The molecule has 1 amide bonds. The van der Waals surface area contributed by atoms with E-state index in [4.69, 9.17) is 28.4 Å². The molecule has 2 aromatic rings. The van der Waals surface area contributed by atoms with Gasteiger partial charge < -0.3 is 49.1 Å². The van der Waals surface area contributed by atoms with Crippen LogP contribution in [0.1, 0.15) is 102 Å². The Morgan fingerprint density at radius 3 is 2.12 bits per heavy atom. The Morgan fingerprint density at radius 1 is 0.891 bits per heavy atom. The molecule has 1 aliphatic heterocycles. The zero-order chi connectivity index (χ0) is 46.4. The number of Topliss-reactive ketones (excluding diaryl/α,β-unsaturated/α-hetero) is 1. The zero-order valence-electron chi connectivity index (χ0n) is 37.1. The first-order chi connectivity index (χ1) is 30.3. The summed E-state index contributed by atoms with van der Waals surface area (Å²) in [5.41, 5.74) is -6.82. The Balaban J connectivity index is 1.33. The van der Waals surface area contributed by atoms with Crippen LogP contribution >= 0.6 is 0 Å². The van der Waals surface area contributed by atoms with Crippen molar-refractivity contribution in [1.82, 2.24) is 5.32 Å². The van der Waals surface area contributed by atoms with Crippen molar-refractivity contribution in [1.29, 1.82) is 0 Å². The summed E-state index contributed by atoms with van der Waals surface area (Å²) in [6.45, 7) is 7.99. The highest BCUT2D eigenvalue weighted by molar-refractivity contribution is 5.95. The van der Waals surface area contributed by atoms with E-state index in [1.165, 1.54) is 19.1 Å². The number of aliphatic hydroxyl groups excluding tert-OH is 2. The van der Waals surface area contributed by atoms with E-state index in [1.807, 2.05) is 6.07 Å². The van der Waals surface area contributed by atoms with E-state index in [1.54, 1.807) is 63.2 Å². The van der Waals surface area contributed by atoms with Gasteiger partial charge in [-0.15, -0.1) is 0 Å². The van der Waals surface area contributed by atoms with Crippen molar-refractivity contribution < 1.29 is 72.5 Å². The van der Waals surface area contributed by atoms with Crippen molar-refractivity contribution in [2.75, 3.05) is 6.61 Å². The molecule has 4 aliphatic carbocycles. The van der Waals surface area contributed by atoms with E-state index in [9.17, 15) is 39.3 Å². The van der Waals surface area contributed by atoms with Crippen LogP contribution in [-0.2, 0) is 54.2 Å². The lowest BCUT2D eigenvalue weighted by atomic mass is 9.44. The molecule has 0 spiro atoms. The van der Waals surface area contributed by atoms with Crippen molar-refractivity contribution in [3.05, 3.63) is 82.9 Å². The van der Waals surface area contributed by atoms with Gasteiger partial charge in [-0.25, -0.2) is 14.4 Å². The lowest BCUT2D eigenvalue weighted by Crippen LogP contribution is -2.82. The molecule has 1 heterocycles. The molecule has 11 atom stereocenters. The summed E-state index contributed by atoms with van der Waals surface area (Å²) in [7, 11) is 0. The Labute approximate surface area is 371 Å². The van der Waals surface area contributed by atoms with Crippen molar-refractivity contribution in [3.8, 4) is 0 Å². The van der Waals surface area contributed by atoms with Crippen LogP contribution in [-0.4, -0.2) is 112 Å². The zero-order valence-corrected chi connectivity index (χ0v) is 37.1. The van der Waals surface area contributed by atoms with Gasteiger partial charge in [-0.05, 0) is 61.4 Å². The van der Waals surface area contributed by atoms with E-state index in [0.29, 0.717) is 12.8 Å². The maximum absolute atomic E-state index is 15.5. The minimum absolute atomic E-state index is 0.0151. The Morgan fingerprint density at radius 2 is 1.53 bits per heavy atom. The third-order valence-electron chi connectivity index (χ3n) is 14.7. The summed E-state index contributed by atoms with van der Waals surface area (Å²) in [4.78, 5) is 83.5. The molecule has 64 heavy (non-hydrogen) atoms.